The molecule has 0 saturated carbocycles. The molecular weight excluding hydrogens is 356 g/mol. The van der Waals surface area contributed by atoms with E-state index in [0.29, 0.717) is 11.4 Å². The summed E-state index contributed by atoms with van der Waals surface area (Å²) >= 11 is 3.38. The predicted octanol–water partition coefficient (Wildman–Crippen LogP) is 0.341. The van der Waals surface area contributed by atoms with E-state index in [1.807, 2.05) is 6.92 Å². The van der Waals surface area contributed by atoms with Gasteiger partial charge in [0, 0.05) is 17.4 Å². The lowest BCUT2D eigenvalue weighted by Gasteiger charge is -2.23. The Labute approximate surface area is 134 Å². The Morgan fingerprint density at radius 3 is 2.71 bits per heavy atom. The number of halogens is 1. The number of hydrogen-bond donors (Lipinski definition) is 2. The van der Waals surface area contributed by atoms with Crippen LogP contribution in [0.5, 0.6) is 0 Å². The fraction of sp³-hybridized carbons (Fsp3) is 0.571. The van der Waals surface area contributed by atoms with Crippen LogP contribution in [0.2, 0.25) is 0 Å². The third kappa shape index (κ3) is 5.03. The minimum atomic E-state index is -3.41. The van der Waals surface area contributed by atoms with Crippen LogP contribution in [0.4, 0.5) is 0 Å². The zero-order chi connectivity index (χ0) is 15.3. The molecule has 1 saturated heterocycles. The molecule has 118 valence electrons. The number of rotatable bonds is 6. The van der Waals surface area contributed by atoms with Crippen molar-refractivity contribution in [1.29, 1.82) is 0 Å². The third-order valence-electron chi connectivity index (χ3n) is 3.64. The van der Waals surface area contributed by atoms with Crippen molar-refractivity contribution in [2.24, 2.45) is 0 Å². The number of quaternary nitrogens is 1. The smallest absolute Gasteiger partial charge is 0.240 e. The Balaban J connectivity index is 1.82. The molecule has 0 unspecified atom stereocenters. The Morgan fingerprint density at radius 2 is 2.05 bits per heavy atom. The minimum absolute atomic E-state index is 0.321. The highest BCUT2D eigenvalue weighted by Crippen LogP contribution is 2.19. The summed E-state index contributed by atoms with van der Waals surface area (Å²) in [5.41, 5.74) is 0.913. The Hall–Kier alpha value is -0.470. The van der Waals surface area contributed by atoms with Crippen LogP contribution >= 0.6 is 15.9 Å². The molecule has 0 aromatic heterocycles. The highest BCUT2D eigenvalue weighted by molar-refractivity contribution is 9.10. The van der Waals surface area contributed by atoms with Crippen molar-refractivity contribution in [3.05, 3.63) is 28.2 Å². The van der Waals surface area contributed by atoms with E-state index in [4.69, 9.17) is 4.74 Å². The maximum absolute atomic E-state index is 12.2. The number of sulfonamides is 1. The molecule has 0 radical (unpaired) electrons. The molecule has 5 nitrogen and oxygen atoms in total. The van der Waals surface area contributed by atoms with Crippen LogP contribution in [0.25, 0.3) is 0 Å². The van der Waals surface area contributed by atoms with E-state index in [0.717, 1.165) is 49.3 Å². The lowest BCUT2D eigenvalue weighted by atomic mass is 10.2. The van der Waals surface area contributed by atoms with Crippen molar-refractivity contribution in [3.8, 4) is 0 Å². The van der Waals surface area contributed by atoms with Crippen LogP contribution < -0.4 is 9.62 Å². The first kappa shape index (κ1) is 16.9. The first-order valence-electron chi connectivity index (χ1n) is 7.16. The fourth-order valence-electron chi connectivity index (χ4n) is 2.32. The number of benzene rings is 1. The highest BCUT2D eigenvalue weighted by Gasteiger charge is 2.16. The molecule has 0 amide bonds. The molecule has 0 atom stereocenters. The van der Waals surface area contributed by atoms with Crippen molar-refractivity contribution >= 4 is 26.0 Å². The van der Waals surface area contributed by atoms with Crippen molar-refractivity contribution in [1.82, 2.24) is 4.72 Å². The monoisotopic (exact) mass is 377 g/mol. The average Bonchev–Trinajstić information content (AvgIpc) is 2.47. The SMILES string of the molecule is Cc1cc(S(=O)(=O)NCCC[NH+]2CCOCC2)ccc1Br. The van der Waals surface area contributed by atoms with E-state index in [9.17, 15) is 8.42 Å². The summed E-state index contributed by atoms with van der Waals surface area (Å²) in [6.45, 7) is 6.97. The van der Waals surface area contributed by atoms with Crippen LogP contribution in [0.3, 0.4) is 0 Å². The molecule has 7 heteroatoms. The second kappa shape index (κ2) is 7.69. The molecule has 1 aromatic carbocycles. The Morgan fingerprint density at radius 1 is 1.33 bits per heavy atom. The molecule has 1 aliphatic rings. The van der Waals surface area contributed by atoms with Gasteiger partial charge in [-0.3, -0.25) is 0 Å². The normalized spacial score (nSPS) is 17.0. The standard InChI is InChI=1S/C14H21BrN2O3S/c1-12-11-13(3-4-14(12)15)21(18,19)16-5-2-6-17-7-9-20-10-8-17/h3-4,11,16H,2,5-10H2,1H3/p+1. The highest BCUT2D eigenvalue weighted by atomic mass is 79.9. The van der Waals surface area contributed by atoms with Gasteiger partial charge >= 0.3 is 0 Å². The molecule has 1 fully saturated rings. The van der Waals surface area contributed by atoms with Crippen LogP contribution in [-0.2, 0) is 14.8 Å². The molecule has 1 aliphatic heterocycles. The van der Waals surface area contributed by atoms with Gasteiger partial charge in [0.05, 0.1) is 24.7 Å². The summed E-state index contributed by atoms with van der Waals surface area (Å²) in [6, 6.07) is 5.06. The van der Waals surface area contributed by atoms with Gasteiger partial charge in [0.1, 0.15) is 13.1 Å². The van der Waals surface area contributed by atoms with Gasteiger partial charge in [0.15, 0.2) is 0 Å². The maximum atomic E-state index is 12.2. The summed E-state index contributed by atoms with van der Waals surface area (Å²) in [4.78, 5) is 1.81. The van der Waals surface area contributed by atoms with E-state index < -0.39 is 10.0 Å². The van der Waals surface area contributed by atoms with Gasteiger partial charge in [0.25, 0.3) is 0 Å². The number of hydrogen-bond acceptors (Lipinski definition) is 3. The topological polar surface area (TPSA) is 59.8 Å². The molecule has 1 aromatic rings. The Kier molecular flexibility index (Phi) is 6.19. The second-order valence-corrected chi connectivity index (χ2v) is 7.90. The predicted molar refractivity (Wildman–Crippen MR) is 85.1 cm³/mol. The van der Waals surface area contributed by atoms with Crippen molar-refractivity contribution in [3.63, 3.8) is 0 Å². The summed E-state index contributed by atoms with van der Waals surface area (Å²) in [7, 11) is -3.41. The van der Waals surface area contributed by atoms with Gasteiger partial charge in [-0.25, -0.2) is 13.1 Å². The van der Waals surface area contributed by atoms with Crippen molar-refractivity contribution in [2.75, 3.05) is 39.4 Å². The summed E-state index contributed by atoms with van der Waals surface area (Å²) in [6.07, 6.45) is 0.837. The third-order valence-corrected chi connectivity index (χ3v) is 5.99. The van der Waals surface area contributed by atoms with E-state index in [1.165, 1.54) is 4.90 Å². The van der Waals surface area contributed by atoms with E-state index in [-0.39, 0.29) is 0 Å². The van der Waals surface area contributed by atoms with Crippen LogP contribution in [0, 0.1) is 6.92 Å². The van der Waals surface area contributed by atoms with E-state index >= 15 is 0 Å². The summed E-state index contributed by atoms with van der Waals surface area (Å²) in [5.74, 6) is 0. The van der Waals surface area contributed by atoms with Gasteiger partial charge in [-0.1, -0.05) is 15.9 Å². The maximum Gasteiger partial charge on any atom is 0.240 e. The number of nitrogens with one attached hydrogen (secondary N) is 2. The zero-order valence-corrected chi connectivity index (χ0v) is 14.6. The first-order valence-corrected chi connectivity index (χ1v) is 9.44. The van der Waals surface area contributed by atoms with Crippen LogP contribution in [-0.4, -0.2) is 47.8 Å². The Bertz CT molecular complexity index is 572. The molecular formula is C14H22BrN2O3S+. The van der Waals surface area contributed by atoms with Gasteiger partial charge in [0.2, 0.25) is 10.0 Å². The average molecular weight is 378 g/mol. The summed E-state index contributed by atoms with van der Waals surface area (Å²) in [5, 5.41) is 0. The lowest BCUT2D eigenvalue weighted by Crippen LogP contribution is -3.14. The van der Waals surface area contributed by atoms with Gasteiger partial charge in [-0.15, -0.1) is 0 Å². The molecule has 2 N–H and O–H groups in total. The number of aryl methyl sites for hydroxylation is 1. The van der Waals surface area contributed by atoms with E-state index in [2.05, 4.69) is 20.7 Å². The largest absolute Gasteiger partial charge is 0.370 e. The lowest BCUT2D eigenvalue weighted by molar-refractivity contribution is -0.908. The molecule has 0 spiro atoms. The van der Waals surface area contributed by atoms with Crippen LogP contribution in [0.1, 0.15) is 12.0 Å². The molecule has 0 bridgehead atoms. The quantitative estimate of drug-likeness (QED) is 0.702. The fourth-order valence-corrected chi connectivity index (χ4v) is 3.73. The van der Waals surface area contributed by atoms with Gasteiger partial charge < -0.3 is 9.64 Å². The molecule has 0 aliphatic carbocycles. The van der Waals surface area contributed by atoms with Gasteiger partial charge in [-0.2, -0.15) is 0 Å². The number of morpholine rings is 1. The first-order chi connectivity index (χ1) is 9.99. The van der Waals surface area contributed by atoms with Crippen molar-refractivity contribution < 1.29 is 18.1 Å². The molecule has 2 rings (SSSR count). The second-order valence-electron chi connectivity index (χ2n) is 5.27. The zero-order valence-electron chi connectivity index (χ0n) is 12.2. The number of ether oxygens (including phenoxy) is 1. The van der Waals surface area contributed by atoms with Crippen LogP contribution in [0.15, 0.2) is 27.6 Å². The van der Waals surface area contributed by atoms with E-state index in [1.54, 1.807) is 18.2 Å². The minimum Gasteiger partial charge on any atom is -0.370 e. The van der Waals surface area contributed by atoms with Gasteiger partial charge in [-0.05, 0) is 30.7 Å². The summed E-state index contributed by atoms with van der Waals surface area (Å²) < 4.78 is 33.3. The molecule has 1 heterocycles. The van der Waals surface area contributed by atoms with Crippen molar-refractivity contribution in [2.45, 2.75) is 18.2 Å². The molecule has 21 heavy (non-hydrogen) atoms.